The molecule has 0 nitrogen and oxygen atoms in total. The normalized spacial score (nSPS) is 8.92. The number of benzene rings is 2. The van der Waals surface area contributed by atoms with Gasteiger partial charge in [-0.1, -0.05) is 35.9 Å². The van der Waals surface area contributed by atoms with Crippen molar-refractivity contribution in [1.29, 1.82) is 0 Å². The van der Waals surface area contributed by atoms with Crippen molar-refractivity contribution >= 4 is 0 Å². The fourth-order valence-corrected chi connectivity index (χ4v) is 1.19. The largest absolute Gasteiger partial charge is 1.00 e. The molecule has 0 unspecified atom stereocenters. The van der Waals surface area contributed by atoms with Gasteiger partial charge < -0.3 is 0 Å². The summed E-state index contributed by atoms with van der Waals surface area (Å²) in [5, 5.41) is 0. The SMILES string of the molecule is [Os+].[c-]1ccccc1-c1ccccc1. The number of rotatable bonds is 1. The Labute approximate surface area is 91.7 Å². The summed E-state index contributed by atoms with van der Waals surface area (Å²) >= 11 is 0. The molecule has 2 aromatic carbocycles. The van der Waals surface area contributed by atoms with Crippen LogP contribution in [0.3, 0.4) is 0 Å². The second-order valence-electron chi connectivity index (χ2n) is 2.64. The van der Waals surface area contributed by atoms with Gasteiger partial charge in [0.25, 0.3) is 0 Å². The van der Waals surface area contributed by atoms with Crippen molar-refractivity contribution in [3.05, 3.63) is 60.7 Å². The van der Waals surface area contributed by atoms with E-state index in [-0.39, 0.29) is 19.8 Å². The van der Waals surface area contributed by atoms with Gasteiger partial charge in [0.15, 0.2) is 0 Å². The van der Waals surface area contributed by atoms with Crippen LogP contribution in [-0.2, 0) is 19.8 Å². The monoisotopic (exact) mass is 345 g/mol. The van der Waals surface area contributed by atoms with Crippen LogP contribution in [0.15, 0.2) is 54.6 Å². The first kappa shape index (κ1) is 10.2. The van der Waals surface area contributed by atoms with Crippen LogP contribution in [0.25, 0.3) is 11.1 Å². The quantitative estimate of drug-likeness (QED) is 0.698. The molecule has 0 atom stereocenters. The van der Waals surface area contributed by atoms with E-state index in [0.29, 0.717) is 0 Å². The van der Waals surface area contributed by atoms with Crippen molar-refractivity contribution in [3.63, 3.8) is 0 Å². The van der Waals surface area contributed by atoms with Gasteiger partial charge in [-0.2, -0.15) is 0 Å². The van der Waals surface area contributed by atoms with Crippen LogP contribution in [0.5, 0.6) is 0 Å². The summed E-state index contributed by atoms with van der Waals surface area (Å²) in [5.41, 5.74) is 2.37. The zero-order valence-electron chi connectivity index (χ0n) is 7.05. The topological polar surface area (TPSA) is 0 Å². The van der Waals surface area contributed by atoms with Gasteiger partial charge in [-0.05, 0) is 0 Å². The smallest absolute Gasteiger partial charge is 0.147 e. The molecular formula is C12H9Os. The summed E-state index contributed by atoms with van der Waals surface area (Å²) in [4.78, 5) is 0. The number of hydrogen-bond donors (Lipinski definition) is 0. The van der Waals surface area contributed by atoms with Crippen molar-refractivity contribution in [3.8, 4) is 11.1 Å². The Kier molecular flexibility index (Phi) is 3.87. The van der Waals surface area contributed by atoms with Crippen molar-refractivity contribution < 1.29 is 19.8 Å². The van der Waals surface area contributed by atoms with Crippen LogP contribution >= 0.6 is 0 Å². The van der Waals surface area contributed by atoms with Gasteiger partial charge in [-0.3, -0.25) is 0 Å². The fraction of sp³-hybridized carbons (Fsp3) is 0. The van der Waals surface area contributed by atoms with E-state index in [0.717, 1.165) is 5.56 Å². The maximum Gasteiger partial charge on any atom is 1.00 e. The Balaban J connectivity index is 0.000000845. The molecule has 0 N–H and O–H groups in total. The third-order valence-corrected chi connectivity index (χ3v) is 1.79. The van der Waals surface area contributed by atoms with E-state index in [1.807, 2.05) is 36.4 Å². The molecule has 0 aromatic heterocycles. The molecule has 0 fully saturated rings. The van der Waals surface area contributed by atoms with Gasteiger partial charge in [0.05, 0.1) is 0 Å². The molecule has 2 rings (SSSR count). The molecule has 0 heterocycles. The summed E-state index contributed by atoms with van der Waals surface area (Å²) in [5.74, 6) is 0. The first-order chi connectivity index (χ1) is 5.97. The maximum atomic E-state index is 3.18. The zero-order valence-corrected chi connectivity index (χ0v) is 9.59. The van der Waals surface area contributed by atoms with E-state index < -0.39 is 0 Å². The third-order valence-electron chi connectivity index (χ3n) is 1.79. The van der Waals surface area contributed by atoms with Crippen LogP contribution in [-0.4, -0.2) is 0 Å². The minimum absolute atomic E-state index is 0. The Morgan fingerprint density at radius 2 is 1.46 bits per heavy atom. The Morgan fingerprint density at radius 1 is 0.769 bits per heavy atom. The summed E-state index contributed by atoms with van der Waals surface area (Å²) in [6, 6.07) is 21.5. The summed E-state index contributed by atoms with van der Waals surface area (Å²) in [6.07, 6.45) is 0. The molecule has 2 aromatic rings. The van der Waals surface area contributed by atoms with Crippen LogP contribution in [0.4, 0.5) is 0 Å². The van der Waals surface area contributed by atoms with Gasteiger partial charge in [0, 0.05) is 0 Å². The minimum Gasteiger partial charge on any atom is -0.147 e. The Bertz CT molecular complexity index is 303. The second kappa shape index (κ2) is 4.95. The zero-order chi connectivity index (χ0) is 8.23. The van der Waals surface area contributed by atoms with E-state index >= 15 is 0 Å². The van der Waals surface area contributed by atoms with E-state index in [1.165, 1.54) is 5.56 Å². The van der Waals surface area contributed by atoms with Gasteiger partial charge in [0.1, 0.15) is 0 Å². The maximum absolute atomic E-state index is 3.18. The molecule has 0 spiro atoms. The molecule has 0 aliphatic heterocycles. The molecule has 65 valence electrons. The third kappa shape index (κ3) is 2.51. The molecule has 1 heteroatoms. The van der Waals surface area contributed by atoms with Crippen LogP contribution < -0.4 is 0 Å². The van der Waals surface area contributed by atoms with Crippen molar-refractivity contribution in [2.24, 2.45) is 0 Å². The predicted octanol–water partition coefficient (Wildman–Crippen LogP) is 3.15. The van der Waals surface area contributed by atoms with Gasteiger partial charge in [0.2, 0.25) is 0 Å². The Morgan fingerprint density at radius 3 is 2.08 bits per heavy atom. The molecule has 13 heavy (non-hydrogen) atoms. The van der Waals surface area contributed by atoms with E-state index in [1.54, 1.807) is 0 Å². The predicted molar refractivity (Wildman–Crippen MR) is 50.7 cm³/mol. The summed E-state index contributed by atoms with van der Waals surface area (Å²) in [6.45, 7) is 0. The molecule has 0 aliphatic carbocycles. The van der Waals surface area contributed by atoms with E-state index in [2.05, 4.69) is 24.3 Å². The van der Waals surface area contributed by atoms with Crippen molar-refractivity contribution in [2.75, 3.05) is 0 Å². The summed E-state index contributed by atoms with van der Waals surface area (Å²) < 4.78 is 0. The number of hydrogen-bond acceptors (Lipinski definition) is 0. The second-order valence-corrected chi connectivity index (χ2v) is 2.64. The molecule has 0 aliphatic rings. The first-order valence-corrected chi connectivity index (χ1v) is 3.99. The van der Waals surface area contributed by atoms with Gasteiger partial charge in [-0.25, -0.2) is 0 Å². The molecule has 1 radical (unpaired) electrons. The molecule has 0 bridgehead atoms. The Hall–Kier alpha value is -0.924. The van der Waals surface area contributed by atoms with Crippen LogP contribution in [0.2, 0.25) is 0 Å². The van der Waals surface area contributed by atoms with E-state index in [9.17, 15) is 0 Å². The average Bonchev–Trinajstić information content (AvgIpc) is 2.21. The van der Waals surface area contributed by atoms with Gasteiger partial charge >= 0.3 is 19.8 Å². The van der Waals surface area contributed by atoms with E-state index in [4.69, 9.17) is 0 Å². The standard InChI is InChI=1S/C12H9.Os/c1-3-7-11(8-4-1)12-9-5-2-6-10-12;/h1-9H;/q-1;+1. The van der Waals surface area contributed by atoms with Crippen molar-refractivity contribution in [2.45, 2.75) is 0 Å². The average molecular weight is 343 g/mol. The summed E-state index contributed by atoms with van der Waals surface area (Å²) in [7, 11) is 0. The van der Waals surface area contributed by atoms with Crippen molar-refractivity contribution in [1.82, 2.24) is 0 Å². The van der Waals surface area contributed by atoms with Gasteiger partial charge in [-0.15, -0.1) is 35.9 Å². The first-order valence-electron chi connectivity index (χ1n) is 3.99. The van der Waals surface area contributed by atoms with Crippen LogP contribution in [0, 0.1) is 6.07 Å². The fourth-order valence-electron chi connectivity index (χ4n) is 1.19. The molecule has 0 saturated heterocycles. The molecule has 0 amide bonds. The molecule has 0 saturated carbocycles. The molecular weight excluding hydrogens is 334 g/mol. The van der Waals surface area contributed by atoms with Crippen LogP contribution in [0.1, 0.15) is 0 Å². The minimum atomic E-state index is 0.